The molecule has 1 heterocycles. The minimum atomic E-state index is 1.09. The second kappa shape index (κ2) is 11.5. The van der Waals surface area contributed by atoms with Gasteiger partial charge in [-0.15, -0.1) is 11.3 Å². The van der Waals surface area contributed by atoms with Crippen LogP contribution in [0.25, 0.3) is 41.7 Å². The normalized spacial score (nSPS) is 11.4. The smallest absolute Gasteiger partial charge is 0.0482 e. The van der Waals surface area contributed by atoms with Gasteiger partial charge in [0.2, 0.25) is 0 Å². The van der Waals surface area contributed by atoms with Crippen molar-refractivity contribution in [2.45, 2.75) is 0 Å². The molecule has 0 saturated heterocycles. The molecule has 0 atom stereocenters. The standard InChI is InChI=1S/C44H30N2S/c1-4-13-33(14-5-1)45(34-15-6-2-7-16-34)36-19-12-20-37(28-36)46(35-17-8-3-9-18-35)38-26-25-31-23-24-32-27-44-42(30-41(32)40(31)29-38)39-21-10-11-22-43(39)47-44/h1-30H. The van der Waals surface area contributed by atoms with Crippen LogP contribution in [0.4, 0.5) is 34.1 Å². The van der Waals surface area contributed by atoms with E-state index in [4.69, 9.17) is 0 Å². The second-order valence-electron chi connectivity index (χ2n) is 11.8. The molecule has 0 spiro atoms. The van der Waals surface area contributed by atoms with Crippen LogP contribution in [-0.4, -0.2) is 0 Å². The van der Waals surface area contributed by atoms with E-state index in [0.29, 0.717) is 0 Å². The third-order valence-corrected chi connectivity index (χ3v) is 10.1. The molecule has 0 N–H and O–H groups in total. The number of hydrogen-bond donors (Lipinski definition) is 0. The SMILES string of the molecule is c1ccc(N(c2ccccc2)c2cccc(N(c3ccccc3)c3ccc4ccc5cc6sc7ccccc7c6cc5c4c3)c2)cc1. The lowest BCUT2D eigenvalue weighted by Crippen LogP contribution is -2.13. The van der Waals surface area contributed by atoms with Crippen LogP contribution in [0.3, 0.4) is 0 Å². The zero-order valence-corrected chi connectivity index (χ0v) is 26.4. The predicted molar refractivity (Wildman–Crippen MR) is 204 cm³/mol. The molecule has 2 nitrogen and oxygen atoms in total. The first-order valence-electron chi connectivity index (χ1n) is 15.9. The van der Waals surface area contributed by atoms with Crippen LogP contribution in [0.2, 0.25) is 0 Å². The zero-order chi connectivity index (χ0) is 31.2. The van der Waals surface area contributed by atoms with Crippen LogP contribution in [0, 0.1) is 0 Å². The summed E-state index contributed by atoms with van der Waals surface area (Å²) in [5, 5.41) is 7.69. The first-order chi connectivity index (χ1) is 23.3. The summed E-state index contributed by atoms with van der Waals surface area (Å²) in [5.41, 5.74) is 6.66. The summed E-state index contributed by atoms with van der Waals surface area (Å²) < 4.78 is 2.66. The van der Waals surface area contributed by atoms with Crippen LogP contribution in [0.5, 0.6) is 0 Å². The Morgan fingerprint density at radius 2 is 0.766 bits per heavy atom. The first kappa shape index (κ1) is 27.4. The first-order valence-corrected chi connectivity index (χ1v) is 16.8. The summed E-state index contributed by atoms with van der Waals surface area (Å²) in [6, 6.07) is 65.6. The van der Waals surface area contributed by atoms with Gasteiger partial charge >= 0.3 is 0 Å². The lowest BCUT2D eigenvalue weighted by molar-refractivity contribution is 1.25. The summed E-state index contributed by atoms with van der Waals surface area (Å²) in [5.74, 6) is 0. The van der Waals surface area contributed by atoms with Gasteiger partial charge in [0.25, 0.3) is 0 Å². The van der Waals surface area contributed by atoms with Gasteiger partial charge in [-0.05, 0) is 106 Å². The highest BCUT2D eigenvalue weighted by molar-refractivity contribution is 7.25. The Bertz CT molecular complexity index is 2480. The molecule has 0 fully saturated rings. The Balaban J connectivity index is 1.24. The van der Waals surface area contributed by atoms with Crippen molar-refractivity contribution in [2.24, 2.45) is 0 Å². The molecule has 222 valence electrons. The molecular weight excluding hydrogens is 589 g/mol. The van der Waals surface area contributed by atoms with E-state index in [-0.39, 0.29) is 0 Å². The Labute approximate surface area is 278 Å². The maximum atomic E-state index is 2.40. The third-order valence-electron chi connectivity index (χ3n) is 8.97. The highest BCUT2D eigenvalue weighted by atomic mass is 32.1. The third kappa shape index (κ3) is 4.89. The van der Waals surface area contributed by atoms with Crippen molar-refractivity contribution in [3.63, 3.8) is 0 Å². The molecule has 0 aliphatic heterocycles. The summed E-state index contributed by atoms with van der Waals surface area (Å²) in [7, 11) is 0. The molecule has 1 aromatic heterocycles. The highest BCUT2D eigenvalue weighted by Gasteiger charge is 2.18. The van der Waals surface area contributed by atoms with E-state index in [1.165, 1.54) is 41.7 Å². The molecule has 8 aromatic carbocycles. The van der Waals surface area contributed by atoms with Crippen molar-refractivity contribution in [3.05, 3.63) is 182 Å². The molecule has 0 unspecified atom stereocenters. The molecule has 0 bridgehead atoms. The van der Waals surface area contributed by atoms with Gasteiger partial charge in [-0.2, -0.15) is 0 Å². The maximum absolute atomic E-state index is 2.40. The number of anilines is 6. The molecule has 0 aliphatic carbocycles. The Morgan fingerprint density at radius 1 is 0.277 bits per heavy atom. The van der Waals surface area contributed by atoms with E-state index in [9.17, 15) is 0 Å². The van der Waals surface area contributed by atoms with Gasteiger partial charge in [-0.25, -0.2) is 0 Å². The molecule has 47 heavy (non-hydrogen) atoms. The van der Waals surface area contributed by atoms with Gasteiger partial charge in [-0.1, -0.05) is 97.1 Å². The van der Waals surface area contributed by atoms with Crippen LogP contribution in [-0.2, 0) is 0 Å². The number of hydrogen-bond acceptors (Lipinski definition) is 3. The van der Waals surface area contributed by atoms with Crippen LogP contribution >= 0.6 is 11.3 Å². The quantitative estimate of drug-likeness (QED) is 0.171. The van der Waals surface area contributed by atoms with Crippen LogP contribution < -0.4 is 9.80 Å². The number of fused-ring (bicyclic) bond motifs is 6. The van der Waals surface area contributed by atoms with Gasteiger partial charge < -0.3 is 9.80 Å². The van der Waals surface area contributed by atoms with Crippen LogP contribution in [0.15, 0.2) is 182 Å². The lowest BCUT2D eigenvalue weighted by Gasteiger charge is -2.29. The van der Waals surface area contributed by atoms with Crippen molar-refractivity contribution in [3.8, 4) is 0 Å². The van der Waals surface area contributed by atoms with Crippen molar-refractivity contribution in [1.82, 2.24) is 0 Å². The molecule has 0 aliphatic rings. The lowest BCUT2D eigenvalue weighted by atomic mass is 9.99. The zero-order valence-electron chi connectivity index (χ0n) is 25.6. The minimum absolute atomic E-state index is 1.09. The average molecular weight is 619 g/mol. The predicted octanol–water partition coefficient (Wildman–Crippen LogP) is 13.3. The van der Waals surface area contributed by atoms with E-state index < -0.39 is 0 Å². The summed E-state index contributed by atoms with van der Waals surface area (Å²) in [6.45, 7) is 0. The van der Waals surface area contributed by atoms with E-state index in [0.717, 1.165) is 34.1 Å². The van der Waals surface area contributed by atoms with E-state index in [2.05, 4.69) is 192 Å². The van der Waals surface area contributed by atoms with Gasteiger partial charge in [0.1, 0.15) is 0 Å². The van der Waals surface area contributed by atoms with Crippen molar-refractivity contribution >= 4 is 87.2 Å². The molecule has 0 saturated carbocycles. The number of nitrogens with zero attached hydrogens (tertiary/aromatic N) is 2. The monoisotopic (exact) mass is 618 g/mol. The fraction of sp³-hybridized carbons (Fsp3) is 0. The largest absolute Gasteiger partial charge is 0.310 e. The van der Waals surface area contributed by atoms with Crippen molar-refractivity contribution in [2.75, 3.05) is 9.80 Å². The summed E-state index contributed by atoms with van der Waals surface area (Å²) in [6.07, 6.45) is 0. The number of para-hydroxylation sites is 3. The Kier molecular flexibility index (Phi) is 6.69. The summed E-state index contributed by atoms with van der Waals surface area (Å²) >= 11 is 1.87. The van der Waals surface area contributed by atoms with Gasteiger partial charge in [-0.3, -0.25) is 0 Å². The molecule has 9 rings (SSSR count). The minimum Gasteiger partial charge on any atom is -0.310 e. The van der Waals surface area contributed by atoms with Crippen molar-refractivity contribution in [1.29, 1.82) is 0 Å². The number of rotatable bonds is 6. The Morgan fingerprint density at radius 3 is 1.43 bits per heavy atom. The molecule has 0 radical (unpaired) electrons. The fourth-order valence-corrected chi connectivity index (χ4v) is 7.93. The van der Waals surface area contributed by atoms with E-state index >= 15 is 0 Å². The van der Waals surface area contributed by atoms with Gasteiger partial charge in [0.05, 0.1) is 0 Å². The topological polar surface area (TPSA) is 6.48 Å². The van der Waals surface area contributed by atoms with Crippen molar-refractivity contribution < 1.29 is 0 Å². The highest BCUT2D eigenvalue weighted by Crippen LogP contribution is 2.43. The number of thiophene rings is 1. The molecular formula is C44H30N2S. The van der Waals surface area contributed by atoms with E-state index in [1.54, 1.807) is 0 Å². The van der Waals surface area contributed by atoms with Gasteiger partial charge in [0.15, 0.2) is 0 Å². The van der Waals surface area contributed by atoms with E-state index in [1.807, 2.05) is 11.3 Å². The van der Waals surface area contributed by atoms with Crippen LogP contribution in [0.1, 0.15) is 0 Å². The van der Waals surface area contributed by atoms with Gasteiger partial charge in [0, 0.05) is 54.3 Å². The molecule has 9 aromatic rings. The second-order valence-corrected chi connectivity index (χ2v) is 12.9. The molecule has 3 heteroatoms. The maximum Gasteiger partial charge on any atom is 0.0482 e. The number of benzene rings is 8. The fourth-order valence-electron chi connectivity index (χ4n) is 6.80. The summed E-state index contributed by atoms with van der Waals surface area (Å²) in [4.78, 5) is 4.69. The molecule has 0 amide bonds. The Hall–Kier alpha value is -5.90. The average Bonchev–Trinajstić information content (AvgIpc) is 3.50.